The Labute approximate surface area is 336 Å². The summed E-state index contributed by atoms with van der Waals surface area (Å²) in [6.45, 7) is 12.2. The van der Waals surface area contributed by atoms with Gasteiger partial charge in [0.15, 0.2) is 0 Å². The van der Waals surface area contributed by atoms with Gasteiger partial charge in [-0.25, -0.2) is 4.18 Å². The Hall–Kier alpha value is -1.23. The summed E-state index contributed by atoms with van der Waals surface area (Å²) in [5, 5.41) is 6.20. The zero-order valence-electron chi connectivity index (χ0n) is 36.2. The van der Waals surface area contributed by atoms with Gasteiger partial charge >= 0.3 is 10.4 Å². The van der Waals surface area contributed by atoms with Gasteiger partial charge in [0, 0.05) is 39.0 Å². The van der Waals surface area contributed by atoms with E-state index in [9.17, 15) is 18.0 Å². The third kappa shape index (κ3) is 48.8. The number of unbranched alkanes of at least 4 members (excludes halogenated alkanes) is 28. The molecule has 54 heavy (non-hydrogen) atoms. The van der Waals surface area contributed by atoms with Crippen molar-refractivity contribution in [3.05, 3.63) is 0 Å². The van der Waals surface area contributed by atoms with Gasteiger partial charge in [0.1, 0.15) is 0 Å². The van der Waals surface area contributed by atoms with Gasteiger partial charge in [-0.05, 0) is 26.3 Å². The number of hydrogen-bond donors (Lipinski definition) is 3. The highest BCUT2D eigenvalue weighted by Crippen LogP contribution is 2.15. The van der Waals surface area contributed by atoms with Crippen molar-refractivity contribution in [2.24, 2.45) is 0 Å². The highest BCUT2D eigenvalue weighted by molar-refractivity contribution is 7.80. The Morgan fingerprint density at radius 1 is 0.463 bits per heavy atom. The topological polar surface area (TPSA) is 125 Å². The summed E-state index contributed by atoms with van der Waals surface area (Å²) in [6, 6.07) is 0. The molecule has 10 heteroatoms. The zero-order valence-corrected chi connectivity index (χ0v) is 37.0. The van der Waals surface area contributed by atoms with Crippen LogP contribution in [0.4, 0.5) is 0 Å². The summed E-state index contributed by atoms with van der Waals surface area (Å²) in [4.78, 5) is 26.8. The molecule has 0 saturated carbocycles. The first-order valence-corrected chi connectivity index (χ1v) is 24.4. The summed E-state index contributed by atoms with van der Waals surface area (Å²) >= 11 is 0. The first-order valence-electron chi connectivity index (χ1n) is 23.1. The predicted octanol–water partition coefficient (Wildman–Crippen LogP) is 11.9. The van der Waals surface area contributed by atoms with Crippen LogP contribution in [0, 0.1) is 0 Å². The maximum Gasteiger partial charge on any atom is 0.397 e. The molecule has 3 N–H and O–H groups in total. The largest absolute Gasteiger partial charge is 0.397 e. The Bertz CT molecular complexity index is 838. The normalized spacial score (nSPS) is 11.4. The van der Waals surface area contributed by atoms with Crippen LogP contribution in [0.5, 0.6) is 0 Å². The van der Waals surface area contributed by atoms with Crippen molar-refractivity contribution in [1.29, 1.82) is 0 Å². The molecule has 2 amide bonds. The van der Waals surface area contributed by atoms with E-state index in [0.29, 0.717) is 25.9 Å². The SMILES string of the molecule is CCCCCCCCCCCCCCCCCC(=O)NCCN(CC)CCNC(=O)CCCCCCCCCCCCCCCCC.CCOS(=O)(=O)O. The van der Waals surface area contributed by atoms with Crippen LogP contribution in [-0.4, -0.2) is 69.0 Å². The van der Waals surface area contributed by atoms with Gasteiger partial charge in [0.2, 0.25) is 11.8 Å². The maximum absolute atomic E-state index is 12.2. The van der Waals surface area contributed by atoms with Gasteiger partial charge < -0.3 is 15.5 Å². The number of hydrogen-bond acceptors (Lipinski definition) is 6. The van der Waals surface area contributed by atoms with E-state index in [1.165, 1.54) is 187 Å². The first kappa shape index (κ1) is 54.9. The number of nitrogens with zero attached hydrogens (tertiary/aromatic N) is 1. The molecule has 0 aromatic heterocycles. The van der Waals surface area contributed by atoms with Crippen molar-refractivity contribution >= 4 is 22.2 Å². The standard InChI is InChI=1S/C42H85N3O2.C2H6O4S/c1-4-7-9-11-13-15-17-19-21-23-25-27-29-31-33-35-41(46)43-37-39-45(6-3)40-38-44-42(47)36-34-32-30-28-26-24-22-20-18-16-14-12-10-8-5-2;1-2-6-7(3,4)5/h4-40H2,1-3H3,(H,43,46)(H,44,47);2H2,1H3,(H,3,4,5). The lowest BCUT2D eigenvalue weighted by Gasteiger charge is -2.20. The molecule has 0 rings (SSSR count). The maximum atomic E-state index is 12.2. The van der Waals surface area contributed by atoms with E-state index in [1.807, 2.05) is 0 Å². The van der Waals surface area contributed by atoms with Crippen LogP contribution in [0.15, 0.2) is 0 Å². The summed E-state index contributed by atoms with van der Waals surface area (Å²) in [5.74, 6) is 0.375. The van der Waals surface area contributed by atoms with Crippen LogP contribution in [-0.2, 0) is 24.2 Å². The second-order valence-corrected chi connectivity index (χ2v) is 16.5. The lowest BCUT2D eigenvalue weighted by Crippen LogP contribution is -2.39. The van der Waals surface area contributed by atoms with Crippen molar-refractivity contribution in [3.63, 3.8) is 0 Å². The van der Waals surface area contributed by atoms with Gasteiger partial charge in [-0.2, -0.15) is 8.42 Å². The highest BCUT2D eigenvalue weighted by Gasteiger charge is 2.07. The van der Waals surface area contributed by atoms with E-state index >= 15 is 0 Å². The number of likely N-dealkylation sites (N-methyl/N-ethyl adjacent to an activating group) is 1. The molecule has 0 heterocycles. The molecule has 0 aliphatic rings. The Morgan fingerprint density at radius 3 is 0.926 bits per heavy atom. The minimum Gasteiger partial charge on any atom is -0.355 e. The summed E-state index contributed by atoms with van der Waals surface area (Å²) in [6.07, 6.45) is 41.7. The Kier molecular flexibility index (Phi) is 45.2. The molecule has 0 aliphatic heterocycles. The molecular formula is C44H91N3O6S. The molecule has 0 aliphatic carbocycles. The van der Waals surface area contributed by atoms with Crippen molar-refractivity contribution in [1.82, 2.24) is 15.5 Å². The third-order valence-corrected chi connectivity index (χ3v) is 10.8. The smallest absolute Gasteiger partial charge is 0.355 e. The van der Waals surface area contributed by atoms with Crippen LogP contribution in [0.1, 0.15) is 233 Å². The lowest BCUT2D eigenvalue weighted by molar-refractivity contribution is -0.121. The average molecular weight is 790 g/mol. The molecule has 0 spiro atoms. The molecule has 0 bridgehead atoms. The summed E-state index contributed by atoms with van der Waals surface area (Å²) < 4.78 is 30.7. The summed E-state index contributed by atoms with van der Waals surface area (Å²) in [5.41, 5.74) is 0. The third-order valence-electron chi connectivity index (χ3n) is 10.2. The van der Waals surface area contributed by atoms with Crippen molar-refractivity contribution < 1.29 is 26.7 Å². The second kappa shape index (κ2) is 44.5. The van der Waals surface area contributed by atoms with E-state index in [1.54, 1.807) is 0 Å². The molecule has 0 aromatic carbocycles. The van der Waals surface area contributed by atoms with E-state index in [2.05, 4.69) is 40.5 Å². The first-order chi connectivity index (χ1) is 26.2. The molecule has 0 radical (unpaired) electrons. The molecule has 0 unspecified atom stereocenters. The van der Waals surface area contributed by atoms with E-state index in [4.69, 9.17) is 4.55 Å². The monoisotopic (exact) mass is 790 g/mol. The molecule has 0 fully saturated rings. The fraction of sp³-hybridized carbons (Fsp3) is 0.955. The minimum absolute atomic E-state index is 0.0289. The highest BCUT2D eigenvalue weighted by atomic mass is 32.3. The number of rotatable bonds is 41. The van der Waals surface area contributed by atoms with E-state index in [0.717, 1.165) is 32.5 Å². The molecule has 324 valence electrons. The predicted molar refractivity (Wildman–Crippen MR) is 230 cm³/mol. The molecule has 0 atom stereocenters. The number of carbonyl (C=O) groups is 2. The average Bonchev–Trinajstić information content (AvgIpc) is 3.14. The van der Waals surface area contributed by atoms with Gasteiger partial charge in [0.05, 0.1) is 6.61 Å². The number of carbonyl (C=O) groups excluding carboxylic acids is 2. The number of amides is 2. The van der Waals surface area contributed by atoms with Gasteiger partial charge in [0.25, 0.3) is 0 Å². The quantitative estimate of drug-likeness (QED) is 0.0416. The molecular weight excluding hydrogens is 699 g/mol. The molecule has 9 nitrogen and oxygen atoms in total. The zero-order chi connectivity index (χ0) is 40.2. The van der Waals surface area contributed by atoms with E-state index in [-0.39, 0.29) is 18.4 Å². The van der Waals surface area contributed by atoms with Crippen LogP contribution in [0.3, 0.4) is 0 Å². The van der Waals surface area contributed by atoms with Crippen molar-refractivity contribution in [3.8, 4) is 0 Å². The minimum atomic E-state index is -4.17. The van der Waals surface area contributed by atoms with Crippen molar-refractivity contribution in [2.45, 2.75) is 233 Å². The Balaban J connectivity index is 0. The van der Waals surface area contributed by atoms with Crippen LogP contribution < -0.4 is 10.6 Å². The second-order valence-electron chi connectivity index (χ2n) is 15.4. The summed E-state index contributed by atoms with van der Waals surface area (Å²) in [7, 11) is -4.17. The molecule has 0 aromatic rings. The van der Waals surface area contributed by atoms with Crippen molar-refractivity contribution in [2.75, 3.05) is 39.3 Å². The fourth-order valence-corrected chi connectivity index (χ4v) is 7.07. The van der Waals surface area contributed by atoms with Crippen LogP contribution in [0.2, 0.25) is 0 Å². The molecule has 0 saturated heterocycles. The van der Waals surface area contributed by atoms with Crippen LogP contribution in [0.25, 0.3) is 0 Å². The van der Waals surface area contributed by atoms with Gasteiger partial charge in [-0.1, -0.05) is 201 Å². The van der Waals surface area contributed by atoms with Gasteiger partial charge in [-0.3, -0.25) is 14.1 Å². The van der Waals surface area contributed by atoms with Crippen LogP contribution >= 0.6 is 0 Å². The fourth-order valence-electron chi connectivity index (χ4n) is 6.77. The Morgan fingerprint density at radius 2 is 0.722 bits per heavy atom. The number of nitrogens with one attached hydrogen (secondary N) is 2. The van der Waals surface area contributed by atoms with Gasteiger partial charge in [-0.15, -0.1) is 0 Å². The lowest BCUT2D eigenvalue weighted by atomic mass is 10.0. The van der Waals surface area contributed by atoms with E-state index < -0.39 is 10.4 Å².